The second-order valence-corrected chi connectivity index (χ2v) is 5.24. The average molecular weight is 260 g/mol. The van der Waals surface area contributed by atoms with E-state index in [-0.39, 0.29) is 0 Å². The Labute approximate surface area is 115 Å². The lowest BCUT2D eigenvalue weighted by Crippen LogP contribution is -2.30. The Kier molecular flexibility index (Phi) is 4.43. The SMILES string of the molecule is CCC(CNC)CN(C)c1ccc2nc(C)[nH]c2c1. The smallest absolute Gasteiger partial charge is 0.104 e. The van der Waals surface area contributed by atoms with Crippen molar-refractivity contribution in [3.63, 3.8) is 0 Å². The third-order valence-electron chi connectivity index (χ3n) is 3.63. The Balaban J connectivity index is 2.13. The van der Waals surface area contributed by atoms with Crippen LogP contribution in [0.2, 0.25) is 0 Å². The van der Waals surface area contributed by atoms with E-state index in [4.69, 9.17) is 0 Å². The molecular formula is C15H24N4. The van der Waals surface area contributed by atoms with Gasteiger partial charge in [-0.3, -0.25) is 0 Å². The predicted molar refractivity (Wildman–Crippen MR) is 81.8 cm³/mol. The van der Waals surface area contributed by atoms with Crippen molar-refractivity contribution in [3.8, 4) is 0 Å². The summed E-state index contributed by atoms with van der Waals surface area (Å²) >= 11 is 0. The van der Waals surface area contributed by atoms with Gasteiger partial charge in [0.25, 0.3) is 0 Å². The summed E-state index contributed by atoms with van der Waals surface area (Å²) in [4.78, 5) is 10.1. The van der Waals surface area contributed by atoms with Crippen LogP contribution in [-0.4, -0.2) is 37.2 Å². The van der Waals surface area contributed by atoms with Gasteiger partial charge in [-0.25, -0.2) is 4.98 Å². The summed E-state index contributed by atoms with van der Waals surface area (Å²) in [5, 5.41) is 3.27. The second kappa shape index (κ2) is 6.06. The Morgan fingerprint density at radius 2 is 2.21 bits per heavy atom. The fourth-order valence-corrected chi connectivity index (χ4v) is 2.48. The first-order valence-electron chi connectivity index (χ1n) is 6.96. The largest absolute Gasteiger partial charge is 0.374 e. The number of hydrogen-bond donors (Lipinski definition) is 2. The van der Waals surface area contributed by atoms with Gasteiger partial charge in [-0.15, -0.1) is 0 Å². The van der Waals surface area contributed by atoms with Crippen LogP contribution in [0.1, 0.15) is 19.2 Å². The molecule has 0 amide bonds. The van der Waals surface area contributed by atoms with Crippen molar-refractivity contribution in [1.82, 2.24) is 15.3 Å². The van der Waals surface area contributed by atoms with Crippen molar-refractivity contribution in [2.24, 2.45) is 5.92 Å². The average Bonchev–Trinajstić information content (AvgIpc) is 2.76. The van der Waals surface area contributed by atoms with Crippen LogP contribution >= 0.6 is 0 Å². The van der Waals surface area contributed by atoms with Crippen LogP contribution in [-0.2, 0) is 0 Å². The number of rotatable bonds is 6. The van der Waals surface area contributed by atoms with E-state index in [9.17, 15) is 0 Å². The van der Waals surface area contributed by atoms with E-state index in [1.165, 1.54) is 12.1 Å². The highest BCUT2D eigenvalue weighted by Crippen LogP contribution is 2.21. The molecule has 1 unspecified atom stereocenters. The number of H-pyrrole nitrogens is 1. The molecule has 1 aromatic heterocycles. The standard InChI is InChI=1S/C15H24N4/c1-5-12(9-16-3)10-19(4)13-6-7-14-15(8-13)18-11(2)17-14/h6-8,12,16H,5,9-10H2,1-4H3,(H,17,18). The molecule has 19 heavy (non-hydrogen) atoms. The molecule has 0 aliphatic rings. The monoisotopic (exact) mass is 260 g/mol. The molecule has 4 nitrogen and oxygen atoms in total. The summed E-state index contributed by atoms with van der Waals surface area (Å²) in [7, 11) is 4.17. The van der Waals surface area contributed by atoms with Crippen molar-refractivity contribution >= 4 is 16.7 Å². The lowest BCUT2D eigenvalue weighted by molar-refractivity contribution is 0.485. The zero-order valence-electron chi connectivity index (χ0n) is 12.3. The van der Waals surface area contributed by atoms with Gasteiger partial charge in [0.15, 0.2) is 0 Å². The van der Waals surface area contributed by atoms with Crippen LogP contribution in [0, 0.1) is 12.8 Å². The van der Waals surface area contributed by atoms with Crippen LogP contribution in [0.4, 0.5) is 5.69 Å². The first-order valence-corrected chi connectivity index (χ1v) is 6.96. The molecule has 0 aliphatic carbocycles. The number of hydrogen-bond acceptors (Lipinski definition) is 3. The molecule has 0 bridgehead atoms. The van der Waals surface area contributed by atoms with Crippen LogP contribution in [0.3, 0.4) is 0 Å². The van der Waals surface area contributed by atoms with E-state index in [2.05, 4.69) is 52.4 Å². The molecule has 1 aromatic carbocycles. The molecule has 0 fully saturated rings. The molecule has 0 radical (unpaired) electrons. The number of fused-ring (bicyclic) bond motifs is 1. The summed E-state index contributed by atoms with van der Waals surface area (Å²) in [5.41, 5.74) is 3.39. The molecule has 0 spiro atoms. The van der Waals surface area contributed by atoms with Crippen LogP contribution in [0.5, 0.6) is 0 Å². The minimum absolute atomic E-state index is 0.675. The number of aromatic amines is 1. The van der Waals surface area contributed by atoms with Gasteiger partial charge in [0, 0.05) is 19.3 Å². The quantitative estimate of drug-likeness (QED) is 0.839. The molecule has 0 saturated heterocycles. The van der Waals surface area contributed by atoms with Gasteiger partial charge in [-0.1, -0.05) is 13.3 Å². The molecule has 1 atom stereocenters. The summed E-state index contributed by atoms with van der Waals surface area (Å²) < 4.78 is 0. The van der Waals surface area contributed by atoms with Gasteiger partial charge in [0.1, 0.15) is 5.82 Å². The molecule has 104 valence electrons. The maximum atomic E-state index is 4.44. The predicted octanol–water partition coefficient (Wildman–Crippen LogP) is 2.55. The molecule has 2 aromatic rings. The zero-order chi connectivity index (χ0) is 13.8. The Bertz CT molecular complexity index is 532. The fraction of sp³-hybridized carbons (Fsp3) is 0.533. The number of nitrogens with one attached hydrogen (secondary N) is 2. The van der Waals surface area contributed by atoms with Crippen molar-refractivity contribution in [2.75, 3.05) is 32.1 Å². The maximum absolute atomic E-state index is 4.44. The van der Waals surface area contributed by atoms with Crippen molar-refractivity contribution in [1.29, 1.82) is 0 Å². The number of nitrogens with zero attached hydrogens (tertiary/aromatic N) is 2. The molecule has 4 heteroatoms. The maximum Gasteiger partial charge on any atom is 0.104 e. The summed E-state index contributed by atoms with van der Waals surface area (Å²) in [6.07, 6.45) is 1.19. The van der Waals surface area contributed by atoms with Gasteiger partial charge >= 0.3 is 0 Å². The second-order valence-electron chi connectivity index (χ2n) is 5.24. The molecule has 2 N–H and O–H groups in total. The van der Waals surface area contributed by atoms with Crippen LogP contribution < -0.4 is 10.2 Å². The zero-order valence-corrected chi connectivity index (χ0v) is 12.3. The number of aryl methyl sites for hydroxylation is 1. The highest BCUT2D eigenvalue weighted by atomic mass is 15.1. The van der Waals surface area contributed by atoms with Crippen LogP contribution in [0.25, 0.3) is 11.0 Å². The number of aromatic nitrogens is 2. The van der Waals surface area contributed by atoms with Crippen molar-refractivity contribution in [3.05, 3.63) is 24.0 Å². The summed E-state index contributed by atoms with van der Waals surface area (Å²) in [5.74, 6) is 1.64. The summed E-state index contributed by atoms with van der Waals surface area (Å²) in [6.45, 7) is 6.36. The number of benzene rings is 1. The summed E-state index contributed by atoms with van der Waals surface area (Å²) in [6, 6.07) is 6.42. The Morgan fingerprint density at radius 3 is 2.89 bits per heavy atom. The highest BCUT2D eigenvalue weighted by molar-refractivity contribution is 5.79. The van der Waals surface area contributed by atoms with Gasteiger partial charge in [-0.05, 0) is 44.6 Å². The van der Waals surface area contributed by atoms with E-state index < -0.39 is 0 Å². The fourth-order valence-electron chi connectivity index (χ4n) is 2.48. The molecular weight excluding hydrogens is 236 g/mol. The van der Waals surface area contributed by atoms with Crippen LogP contribution in [0.15, 0.2) is 18.2 Å². The van der Waals surface area contributed by atoms with E-state index in [1.807, 2.05) is 14.0 Å². The molecule has 0 aliphatic heterocycles. The van der Waals surface area contributed by atoms with E-state index in [0.29, 0.717) is 5.92 Å². The lowest BCUT2D eigenvalue weighted by Gasteiger charge is -2.25. The first kappa shape index (κ1) is 13.9. The molecule has 2 rings (SSSR count). The lowest BCUT2D eigenvalue weighted by atomic mass is 10.1. The third kappa shape index (κ3) is 3.26. The third-order valence-corrected chi connectivity index (χ3v) is 3.63. The highest BCUT2D eigenvalue weighted by Gasteiger charge is 2.10. The number of imidazole rings is 1. The molecule has 0 saturated carbocycles. The Morgan fingerprint density at radius 1 is 1.42 bits per heavy atom. The van der Waals surface area contributed by atoms with Crippen molar-refractivity contribution < 1.29 is 0 Å². The van der Waals surface area contributed by atoms with Gasteiger partial charge in [0.05, 0.1) is 11.0 Å². The topological polar surface area (TPSA) is 44.0 Å². The minimum Gasteiger partial charge on any atom is -0.374 e. The van der Waals surface area contributed by atoms with Gasteiger partial charge in [-0.2, -0.15) is 0 Å². The number of anilines is 1. The first-order chi connectivity index (χ1) is 9.13. The van der Waals surface area contributed by atoms with E-state index >= 15 is 0 Å². The minimum atomic E-state index is 0.675. The van der Waals surface area contributed by atoms with E-state index in [0.717, 1.165) is 29.9 Å². The van der Waals surface area contributed by atoms with Crippen molar-refractivity contribution in [2.45, 2.75) is 20.3 Å². The molecule has 1 heterocycles. The van der Waals surface area contributed by atoms with Gasteiger partial charge in [0.2, 0.25) is 0 Å². The van der Waals surface area contributed by atoms with Gasteiger partial charge < -0.3 is 15.2 Å². The normalized spacial score (nSPS) is 12.8. The Hall–Kier alpha value is -1.55. The van der Waals surface area contributed by atoms with E-state index in [1.54, 1.807) is 0 Å².